The molecule has 1 aliphatic heterocycles. The third-order valence-electron chi connectivity index (χ3n) is 4.89. The molecule has 2 unspecified atom stereocenters. The highest BCUT2D eigenvalue weighted by Gasteiger charge is 2.35. The molecule has 1 aliphatic rings. The standard InChI is InChI=1S/C20H26N2O3S/c1-4-6-15(21)20(23)22-9-8-13-11-16(24-2)17(25-3)12-14(13)19(22)18-7-5-10-26-18/h5,7,10-12,15,19H,4,6,8-9,21H2,1-3H3. The lowest BCUT2D eigenvalue weighted by molar-refractivity contribution is -0.134. The van der Waals surface area contributed by atoms with E-state index in [1.807, 2.05) is 35.4 Å². The van der Waals surface area contributed by atoms with Gasteiger partial charge in [0.2, 0.25) is 5.91 Å². The molecular formula is C20H26N2O3S. The summed E-state index contributed by atoms with van der Waals surface area (Å²) in [7, 11) is 3.27. The molecule has 0 fully saturated rings. The summed E-state index contributed by atoms with van der Waals surface area (Å²) in [6.07, 6.45) is 2.37. The van der Waals surface area contributed by atoms with Crippen LogP contribution in [-0.4, -0.2) is 37.6 Å². The maximum absolute atomic E-state index is 13.0. The van der Waals surface area contributed by atoms with E-state index in [-0.39, 0.29) is 11.9 Å². The number of hydrogen-bond donors (Lipinski definition) is 1. The summed E-state index contributed by atoms with van der Waals surface area (Å²) in [5, 5.41) is 2.04. The molecule has 0 spiro atoms. The lowest BCUT2D eigenvalue weighted by atomic mass is 9.90. The van der Waals surface area contributed by atoms with Crippen molar-refractivity contribution >= 4 is 17.2 Å². The Morgan fingerprint density at radius 1 is 1.35 bits per heavy atom. The van der Waals surface area contributed by atoms with Crippen LogP contribution in [0.4, 0.5) is 0 Å². The van der Waals surface area contributed by atoms with E-state index in [0.29, 0.717) is 18.7 Å². The number of methoxy groups -OCH3 is 2. The molecule has 0 saturated carbocycles. The van der Waals surface area contributed by atoms with Crippen LogP contribution in [0.3, 0.4) is 0 Å². The highest BCUT2D eigenvalue weighted by atomic mass is 32.1. The molecular weight excluding hydrogens is 348 g/mol. The van der Waals surface area contributed by atoms with Gasteiger partial charge in [0.15, 0.2) is 11.5 Å². The number of nitrogens with two attached hydrogens (primary N) is 1. The van der Waals surface area contributed by atoms with Crippen molar-refractivity contribution in [2.75, 3.05) is 20.8 Å². The smallest absolute Gasteiger partial charge is 0.240 e. The number of rotatable bonds is 6. The van der Waals surface area contributed by atoms with Crippen molar-refractivity contribution in [3.05, 3.63) is 45.6 Å². The van der Waals surface area contributed by atoms with Crippen molar-refractivity contribution in [2.24, 2.45) is 5.73 Å². The minimum absolute atomic E-state index is 0.0192. The van der Waals surface area contributed by atoms with Crippen LogP contribution >= 0.6 is 11.3 Å². The Kier molecular flexibility index (Phi) is 5.84. The predicted molar refractivity (Wildman–Crippen MR) is 104 cm³/mol. The second-order valence-corrected chi connectivity index (χ2v) is 7.48. The first-order chi connectivity index (χ1) is 12.6. The molecule has 1 aromatic carbocycles. The van der Waals surface area contributed by atoms with Gasteiger partial charge in [0.05, 0.1) is 26.3 Å². The third-order valence-corrected chi connectivity index (χ3v) is 5.81. The zero-order valence-electron chi connectivity index (χ0n) is 15.5. The zero-order chi connectivity index (χ0) is 18.7. The van der Waals surface area contributed by atoms with Crippen LogP contribution in [-0.2, 0) is 11.2 Å². The number of nitrogens with zero attached hydrogens (tertiary/aromatic N) is 1. The van der Waals surface area contributed by atoms with E-state index < -0.39 is 6.04 Å². The molecule has 26 heavy (non-hydrogen) atoms. The fraction of sp³-hybridized carbons (Fsp3) is 0.450. The number of amides is 1. The van der Waals surface area contributed by atoms with Gasteiger partial charge in [0, 0.05) is 11.4 Å². The average Bonchev–Trinajstić information content (AvgIpc) is 3.19. The first-order valence-corrected chi connectivity index (χ1v) is 9.82. The first kappa shape index (κ1) is 18.7. The third kappa shape index (κ3) is 3.44. The molecule has 6 heteroatoms. The quantitative estimate of drug-likeness (QED) is 0.842. The molecule has 1 aromatic heterocycles. The minimum Gasteiger partial charge on any atom is -0.493 e. The van der Waals surface area contributed by atoms with Gasteiger partial charge in [0.25, 0.3) is 0 Å². The lowest BCUT2D eigenvalue weighted by Gasteiger charge is -2.38. The number of thiophene rings is 1. The molecule has 0 bridgehead atoms. The normalized spacial score (nSPS) is 17.5. The number of carbonyl (C=O) groups is 1. The Labute approximate surface area is 158 Å². The van der Waals surface area contributed by atoms with Crippen molar-refractivity contribution in [2.45, 2.75) is 38.3 Å². The molecule has 3 rings (SSSR count). The predicted octanol–water partition coefficient (Wildman–Crippen LogP) is 3.37. The second kappa shape index (κ2) is 8.10. The lowest BCUT2D eigenvalue weighted by Crippen LogP contribution is -2.48. The van der Waals surface area contributed by atoms with Crippen LogP contribution in [0, 0.1) is 0 Å². The summed E-state index contributed by atoms with van der Waals surface area (Å²) < 4.78 is 10.9. The van der Waals surface area contributed by atoms with Gasteiger partial charge in [-0.15, -0.1) is 11.3 Å². The summed E-state index contributed by atoms with van der Waals surface area (Å²) in [4.78, 5) is 16.1. The largest absolute Gasteiger partial charge is 0.493 e. The van der Waals surface area contributed by atoms with E-state index in [1.165, 1.54) is 5.56 Å². The van der Waals surface area contributed by atoms with Crippen molar-refractivity contribution in [1.29, 1.82) is 0 Å². The van der Waals surface area contributed by atoms with Gasteiger partial charge in [0.1, 0.15) is 0 Å². The van der Waals surface area contributed by atoms with Gasteiger partial charge in [-0.2, -0.15) is 0 Å². The van der Waals surface area contributed by atoms with Crippen LogP contribution < -0.4 is 15.2 Å². The summed E-state index contributed by atoms with van der Waals surface area (Å²) in [5.41, 5.74) is 8.44. The van der Waals surface area contributed by atoms with Gasteiger partial charge in [-0.25, -0.2) is 0 Å². The SMILES string of the molecule is CCCC(N)C(=O)N1CCc2cc(OC)c(OC)cc2C1c1cccs1. The molecule has 0 radical (unpaired) electrons. The molecule has 2 N–H and O–H groups in total. The molecule has 2 aromatic rings. The fourth-order valence-corrected chi connectivity index (χ4v) is 4.44. The maximum Gasteiger partial charge on any atom is 0.240 e. The van der Waals surface area contributed by atoms with Crippen LogP contribution in [0.5, 0.6) is 11.5 Å². The minimum atomic E-state index is -0.454. The molecule has 5 nitrogen and oxygen atoms in total. The van der Waals surface area contributed by atoms with E-state index >= 15 is 0 Å². The second-order valence-electron chi connectivity index (χ2n) is 6.50. The summed E-state index contributed by atoms with van der Waals surface area (Å²) in [6.45, 7) is 2.70. The van der Waals surface area contributed by atoms with Crippen LogP contribution in [0.2, 0.25) is 0 Å². The van der Waals surface area contributed by atoms with Crippen molar-refractivity contribution in [3.8, 4) is 11.5 Å². The van der Waals surface area contributed by atoms with Crippen molar-refractivity contribution in [1.82, 2.24) is 4.90 Å². The van der Waals surface area contributed by atoms with Crippen LogP contribution in [0.15, 0.2) is 29.6 Å². The Hall–Kier alpha value is -2.05. The van der Waals surface area contributed by atoms with Crippen molar-refractivity contribution in [3.63, 3.8) is 0 Å². The van der Waals surface area contributed by atoms with Gasteiger partial charge in [-0.1, -0.05) is 19.4 Å². The zero-order valence-corrected chi connectivity index (χ0v) is 16.3. The Bertz CT molecular complexity index is 761. The molecule has 0 saturated heterocycles. The first-order valence-electron chi connectivity index (χ1n) is 8.95. The number of carbonyl (C=O) groups excluding carboxylic acids is 1. The number of fused-ring (bicyclic) bond motifs is 1. The maximum atomic E-state index is 13.0. The Morgan fingerprint density at radius 3 is 2.69 bits per heavy atom. The summed E-state index contributed by atoms with van der Waals surface area (Å²) in [5.74, 6) is 1.42. The highest BCUT2D eigenvalue weighted by molar-refractivity contribution is 7.10. The molecule has 2 atom stereocenters. The van der Waals surface area contributed by atoms with Gasteiger partial charge >= 0.3 is 0 Å². The van der Waals surface area contributed by atoms with Gasteiger partial charge < -0.3 is 20.1 Å². The molecule has 0 aliphatic carbocycles. The van der Waals surface area contributed by atoms with E-state index in [0.717, 1.165) is 29.0 Å². The number of benzene rings is 1. The van der Waals surface area contributed by atoms with E-state index in [2.05, 4.69) is 6.07 Å². The summed E-state index contributed by atoms with van der Waals surface area (Å²) in [6, 6.07) is 7.54. The van der Waals surface area contributed by atoms with Crippen LogP contribution in [0.25, 0.3) is 0 Å². The summed E-state index contributed by atoms with van der Waals surface area (Å²) >= 11 is 1.66. The monoisotopic (exact) mass is 374 g/mol. The topological polar surface area (TPSA) is 64.8 Å². The number of ether oxygens (including phenoxy) is 2. The van der Waals surface area contributed by atoms with Crippen LogP contribution in [0.1, 0.15) is 41.8 Å². The molecule has 140 valence electrons. The fourth-order valence-electron chi connectivity index (χ4n) is 3.58. The van der Waals surface area contributed by atoms with Gasteiger partial charge in [-0.3, -0.25) is 4.79 Å². The van der Waals surface area contributed by atoms with E-state index in [4.69, 9.17) is 15.2 Å². The van der Waals surface area contributed by atoms with E-state index in [9.17, 15) is 4.79 Å². The van der Waals surface area contributed by atoms with Crippen molar-refractivity contribution < 1.29 is 14.3 Å². The molecule has 1 amide bonds. The Balaban J connectivity index is 2.07. The average molecular weight is 375 g/mol. The highest BCUT2D eigenvalue weighted by Crippen LogP contribution is 2.42. The molecule has 2 heterocycles. The van der Waals surface area contributed by atoms with E-state index in [1.54, 1.807) is 25.6 Å². The Morgan fingerprint density at radius 2 is 2.08 bits per heavy atom. The number of hydrogen-bond acceptors (Lipinski definition) is 5. The van der Waals surface area contributed by atoms with Gasteiger partial charge in [-0.05, 0) is 47.5 Å².